The summed E-state index contributed by atoms with van der Waals surface area (Å²) in [6.45, 7) is 2.22. The number of primary amides is 1. The van der Waals surface area contributed by atoms with E-state index in [1.807, 2.05) is 0 Å². The number of hydrogen-bond acceptors (Lipinski definition) is 5. The SMILES string of the molecule is CCOCC(=O)N1CCN(c2ccc(C#N)c(C(F)(F)F)c2)C(C(N)=O)C1. The molecule has 1 aromatic rings. The number of ether oxygens (including phenoxy) is 1. The van der Waals surface area contributed by atoms with Crippen molar-refractivity contribution in [1.82, 2.24) is 4.90 Å². The highest BCUT2D eigenvalue weighted by molar-refractivity contribution is 5.86. The number of alkyl halides is 3. The molecule has 0 spiro atoms. The highest BCUT2D eigenvalue weighted by Crippen LogP contribution is 2.35. The van der Waals surface area contributed by atoms with Gasteiger partial charge in [-0.05, 0) is 25.1 Å². The van der Waals surface area contributed by atoms with Crippen LogP contribution in [-0.2, 0) is 20.5 Å². The van der Waals surface area contributed by atoms with Crippen LogP contribution in [0.15, 0.2) is 18.2 Å². The van der Waals surface area contributed by atoms with E-state index in [0.717, 1.165) is 12.1 Å². The first-order valence-corrected chi connectivity index (χ1v) is 8.21. The number of nitrogens with zero attached hydrogens (tertiary/aromatic N) is 3. The molecule has 1 saturated heterocycles. The van der Waals surface area contributed by atoms with Crippen LogP contribution in [0, 0.1) is 11.3 Å². The molecule has 1 aromatic carbocycles. The van der Waals surface area contributed by atoms with Gasteiger partial charge in [0.1, 0.15) is 12.6 Å². The summed E-state index contributed by atoms with van der Waals surface area (Å²) in [5.41, 5.74) is 3.94. The number of halogens is 3. The first-order valence-electron chi connectivity index (χ1n) is 8.21. The van der Waals surface area contributed by atoms with Crippen LogP contribution < -0.4 is 10.6 Å². The largest absolute Gasteiger partial charge is 0.417 e. The molecule has 2 amide bonds. The van der Waals surface area contributed by atoms with Gasteiger partial charge in [-0.2, -0.15) is 18.4 Å². The molecule has 10 heteroatoms. The molecular weight excluding hydrogens is 365 g/mol. The van der Waals surface area contributed by atoms with Crippen molar-refractivity contribution in [3.8, 4) is 6.07 Å². The van der Waals surface area contributed by atoms with Gasteiger partial charge in [0, 0.05) is 25.4 Å². The highest BCUT2D eigenvalue weighted by Gasteiger charge is 2.37. The average molecular weight is 384 g/mol. The van der Waals surface area contributed by atoms with E-state index in [4.69, 9.17) is 15.7 Å². The molecule has 0 bridgehead atoms. The van der Waals surface area contributed by atoms with Gasteiger partial charge >= 0.3 is 6.18 Å². The molecule has 1 aliphatic heterocycles. The monoisotopic (exact) mass is 384 g/mol. The Hall–Kier alpha value is -2.80. The third-order valence-electron chi connectivity index (χ3n) is 4.25. The van der Waals surface area contributed by atoms with E-state index < -0.39 is 29.3 Å². The summed E-state index contributed by atoms with van der Waals surface area (Å²) in [7, 11) is 0. The Kier molecular flexibility index (Phi) is 6.28. The molecule has 0 radical (unpaired) electrons. The molecule has 27 heavy (non-hydrogen) atoms. The van der Waals surface area contributed by atoms with Crippen LogP contribution in [0.1, 0.15) is 18.1 Å². The van der Waals surface area contributed by atoms with Crippen molar-refractivity contribution in [3.63, 3.8) is 0 Å². The Bertz CT molecular complexity index is 761. The smallest absolute Gasteiger partial charge is 0.372 e. The molecule has 0 saturated carbocycles. The van der Waals surface area contributed by atoms with Gasteiger partial charge in [-0.3, -0.25) is 9.59 Å². The summed E-state index contributed by atoms with van der Waals surface area (Å²) < 4.78 is 44.6. The van der Waals surface area contributed by atoms with E-state index in [-0.39, 0.29) is 37.8 Å². The molecule has 1 aliphatic rings. The van der Waals surface area contributed by atoms with Crippen molar-refractivity contribution in [2.75, 3.05) is 37.7 Å². The second kappa shape index (κ2) is 8.26. The van der Waals surface area contributed by atoms with Gasteiger partial charge in [0.25, 0.3) is 0 Å². The van der Waals surface area contributed by atoms with Gasteiger partial charge in [-0.25, -0.2) is 0 Å². The summed E-state index contributed by atoms with van der Waals surface area (Å²) in [5.74, 6) is -1.08. The minimum absolute atomic E-state index is 0.0530. The zero-order valence-corrected chi connectivity index (χ0v) is 14.6. The molecule has 0 aliphatic carbocycles. The summed E-state index contributed by atoms with van der Waals surface area (Å²) in [6.07, 6.45) is -4.71. The van der Waals surface area contributed by atoms with Crippen LogP contribution in [-0.4, -0.2) is 55.6 Å². The predicted octanol–water partition coefficient (Wildman–Crippen LogP) is 1.12. The van der Waals surface area contributed by atoms with Gasteiger partial charge in [-0.1, -0.05) is 0 Å². The Morgan fingerprint density at radius 2 is 2.07 bits per heavy atom. The molecule has 1 heterocycles. The normalized spacial score (nSPS) is 17.5. The number of piperazine rings is 1. The van der Waals surface area contributed by atoms with E-state index in [1.165, 1.54) is 21.9 Å². The molecular formula is C17H19F3N4O3. The molecule has 2 rings (SSSR count). The number of carbonyl (C=O) groups excluding carboxylic acids is 2. The van der Waals surface area contributed by atoms with Crippen LogP contribution in [0.4, 0.5) is 18.9 Å². The molecule has 0 aromatic heterocycles. The lowest BCUT2D eigenvalue weighted by molar-refractivity contribution is -0.138. The summed E-state index contributed by atoms with van der Waals surface area (Å²) >= 11 is 0. The maximum atomic E-state index is 13.2. The molecule has 146 valence electrons. The van der Waals surface area contributed by atoms with E-state index in [0.29, 0.717) is 6.61 Å². The van der Waals surface area contributed by atoms with Crippen molar-refractivity contribution in [2.45, 2.75) is 19.1 Å². The van der Waals surface area contributed by atoms with Crippen LogP contribution in [0.5, 0.6) is 0 Å². The zero-order chi connectivity index (χ0) is 20.2. The number of rotatable bonds is 5. The minimum Gasteiger partial charge on any atom is -0.372 e. The number of nitrogens with two attached hydrogens (primary N) is 1. The van der Waals surface area contributed by atoms with Crippen LogP contribution in [0.2, 0.25) is 0 Å². The van der Waals surface area contributed by atoms with Gasteiger partial charge in [0.15, 0.2) is 0 Å². The summed E-state index contributed by atoms with van der Waals surface area (Å²) in [6, 6.07) is 3.74. The second-order valence-corrected chi connectivity index (χ2v) is 5.93. The first-order chi connectivity index (χ1) is 12.7. The topological polar surface area (TPSA) is 99.7 Å². The fraction of sp³-hybridized carbons (Fsp3) is 0.471. The maximum Gasteiger partial charge on any atom is 0.417 e. The second-order valence-electron chi connectivity index (χ2n) is 5.93. The van der Waals surface area contributed by atoms with Gasteiger partial charge in [0.05, 0.1) is 23.7 Å². The van der Waals surface area contributed by atoms with Crippen molar-refractivity contribution < 1.29 is 27.5 Å². The number of benzene rings is 1. The maximum absolute atomic E-state index is 13.2. The standard InChI is InChI=1S/C17H19F3N4O3/c1-2-27-10-15(25)23-5-6-24(14(9-23)16(22)26)12-4-3-11(8-21)13(7-12)17(18,19)20/h3-4,7,14H,2,5-6,9-10H2,1H3,(H2,22,26). The molecule has 1 unspecified atom stereocenters. The van der Waals surface area contributed by atoms with Crippen molar-refractivity contribution in [3.05, 3.63) is 29.3 Å². The van der Waals surface area contributed by atoms with E-state index in [9.17, 15) is 22.8 Å². The quantitative estimate of drug-likeness (QED) is 0.820. The fourth-order valence-corrected chi connectivity index (χ4v) is 2.89. The first kappa shape index (κ1) is 20.5. The van der Waals surface area contributed by atoms with Crippen LogP contribution in [0.3, 0.4) is 0 Å². The molecule has 2 N–H and O–H groups in total. The predicted molar refractivity (Wildman–Crippen MR) is 89.6 cm³/mol. The summed E-state index contributed by atoms with van der Waals surface area (Å²) in [4.78, 5) is 26.8. The number of amides is 2. The number of anilines is 1. The Morgan fingerprint density at radius 1 is 1.37 bits per heavy atom. The van der Waals surface area contributed by atoms with Crippen molar-refractivity contribution >= 4 is 17.5 Å². The Morgan fingerprint density at radius 3 is 2.63 bits per heavy atom. The highest BCUT2D eigenvalue weighted by atomic mass is 19.4. The lowest BCUT2D eigenvalue weighted by atomic mass is 10.0. The van der Waals surface area contributed by atoms with Gasteiger partial charge in [-0.15, -0.1) is 0 Å². The van der Waals surface area contributed by atoms with E-state index in [1.54, 1.807) is 6.92 Å². The zero-order valence-electron chi connectivity index (χ0n) is 14.6. The number of carbonyl (C=O) groups is 2. The van der Waals surface area contributed by atoms with Gasteiger partial charge in [0.2, 0.25) is 11.8 Å². The lowest BCUT2D eigenvalue weighted by Gasteiger charge is -2.41. The van der Waals surface area contributed by atoms with Gasteiger partial charge < -0.3 is 20.3 Å². The van der Waals surface area contributed by atoms with Crippen molar-refractivity contribution in [1.29, 1.82) is 5.26 Å². The number of hydrogen-bond donors (Lipinski definition) is 1. The minimum atomic E-state index is -4.71. The third-order valence-corrected chi connectivity index (χ3v) is 4.25. The Balaban J connectivity index is 2.29. The molecule has 1 atom stereocenters. The average Bonchev–Trinajstić information content (AvgIpc) is 2.64. The fourth-order valence-electron chi connectivity index (χ4n) is 2.89. The Labute approximate surface area is 154 Å². The lowest BCUT2D eigenvalue weighted by Crippen LogP contribution is -2.60. The third kappa shape index (κ3) is 4.68. The molecule has 1 fully saturated rings. The van der Waals surface area contributed by atoms with Crippen LogP contribution >= 0.6 is 0 Å². The number of nitriles is 1. The van der Waals surface area contributed by atoms with Crippen LogP contribution in [0.25, 0.3) is 0 Å². The molecule has 7 nitrogen and oxygen atoms in total. The van der Waals surface area contributed by atoms with Crippen molar-refractivity contribution in [2.24, 2.45) is 5.73 Å². The summed E-state index contributed by atoms with van der Waals surface area (Å²) in [5, 5.41) is 8.90. The van der Waals surface area contributed by atoms with E-state index >= 15 is 0 Å². The van der Waals surface area contributed by atoms with E-state index in [2.05, 4.69) is 0 Å².